The number of benzene rings is 2. The van der Waals surface area contributed by atoms with Crippen LogP contribution in [0.4, 0.5) is 17.6 Å². The van der Waals surface area contributed by atoms with Crippen molar-refractivity contribution in [3.05, 3.63) is 75.9 Å². The summed E-state index contributed by atoms with van der Waals surface area (Å²) in [5.41, 5.74) is 1.48. The number of hydrogen-bond acceptors (Lipinski definition) is 0. The van der Waals surface area contributed by atoms with E-state index in [2.05, 4.69) is 31.2 Å². The molecule has 2 aromatic carbocycles. The summed E-state index contributed by atoms with van der Waals surface area (Å²) >= 11 is 0. The minimum atomic E-state index is -1.33. The molecule has 31 heavy (non-hydrogen) atoms. The Labute approximate surface area is 183 Å². The van der Waals surface area contributed by atoms with Crippen LogP contribution in [-0.4, -0.2) is 0 Å². The van der Waals surface area contributed by atoms with E-state index < -0.39 is 34.4 Å². The molecule has 0 bridgehead atoms. The molecule has 0 nitrogen and oxygen atoms in total. The monoisotopic (exact) mass is 432 g/mol. The van der Waals surface area contributed by atoms with Gasteiger partial charge in [-0.25, -0.2) is 17.6 Å². The van der Waals surface area contributed by atoms with Crippen LogP contribution in [0.25, 0.3) is 5.57 Å². The molecule has 0 heterocycles. The highest BCUT2D eigenvalue weighted by Gasteiger charge is 2.24. The Morgan fingerprint density at radius 2 is 1.48 bits per heavy atom. The van der Waals surface area contributed by atoms with Gasteiger partial charge < -0.3 is 0 Å². The molecule has 1 fully saturated rings. The Bertz CT molecular complexity index is 890. The van der Waals surface area contributed by atoms with Crippen molar-refractivity contribution in [2.45, 2.75) is 78.1 Å². The smallest absolute Gasteiger partial charge is 0.169 e. The van der Waals surface area contributed by atoms with Crippen molar-refractivity contribution in [2.24, 2.45) is 5.92 Å². The van der Waals surface area contributed by atoms with Crippen molar-refractivity contribution in [2.75, 3.05) is 0 Å². The summed E-state index contributed by atoms with van der Waals surface area (Å²) in [5, 5.41) is 0. The molecule has 0 atom stereocenters. The fourth-order valence-corrected chi connectivity index (χ4v) is 4.79. The van der Waals surface area contributed by atoms with Crippen LogP contribution in [0.3, 0.4) is 0 Å². The standard InChI is InChI=1S/C27H32F4/c1-4-6-19-9-13-21(14-10-19)22-15-11-20(12-16-22)8-5-7-17(2)23-26(30)24(28)18(3)25(29)27(23)31/h7,11-12,15-16,19,21H,4-6,8-10,13-14H2,1-3H3. The molecule has 1 saturated carbocycles. The van der Waals surface area contributed by atoms with Crippen molar-refractivity contribution < 1.29 is 17.6 Å². The summed E-state index contributed by atoms with van der Waals surface area (Å²) in [6.07, 6.45) is 10.6. The highest BCUT2D eigenvalue weighted by molar-refractivity contribution is 5.65. The zero-order valence-corrected chi connectivity index (χ0v) is 18.7. The fourth-order valence-electron chi connectivity index (χ4n) is 4.79. The Hall–Kier alpha value is -2.10. The number of aryl methyl sites for hydroxylation is 1. The zero-order chi connectivity index (χ0) is 22.5. The molecule has 3 rings (SSSR count). The van der Waals surface area contributed by atoms with Gasteiger partial charge in [0.1, 0.15) is 0 Å². The van der Waals surface area contributed by atoms with Crippen LogP contribution in [0.2, 0.25) is 0 Å². The quantitative estimate of drug-likeness (QED) is 0.303. The molecule has 1 aliphatic carbocycles. The van der Waals surface area contributed by atoms with Gasteiger partial charge in [0.25, 0.3) is 0 Å². The first-order valence-electron chi connectivity index (χ1n) is 11.4. The van der Waals surface area contributed by atoms with Gasteiger partial charge in [-0.15, -0.1) is 0 Å². The molecule has 0 saturated heterocycles. The molecular formula is C27H32F4. The molecule has 168 valence electrons. The average Bonchev–Trinajstić information content (AvgIpc) is 2.78. The van der Waals surface area contributed by atoms with Gasteiger partial charge in [-0.05, 0) is 80.9 Å². The lowest BCUT2D eigenvalue weighted by Crippen LogP contribution is -2.13. The number of halogens is 4. The van der Waals surface area contributed by atoms with Gasteiger partial charge in [0, 0.05) is 5.56 Å². The van der Waals surface area contributed by atoms with E-state index in [9.17, 15) is 17.6 Å². The molecule has 0 N–H and O–H groups in total. The molecule has 0 aliphatic heterocycles. The van der Waals surface area contributed by atoms with Crippen LogP contribution in [0.5, 0.6) is 0 Å². The van der Waals surface area contributed by atoms with Crippen LogP contribution in [0, 0.1) is 36.1 Å². The van der Waals surface area contributed by atoms with Crippen LogP contribution in [0.15, 0.2) is 30.3 Å². The van der Waals surface area contributed by atoms with Gasteiger partial charge in [0.05, 0.1) is 5.56 Å². The van der Waals surface area contributed by atoms with Crippen LogP contribution in [0.1, 0.15) is 87.0 Å². The molecular weight excluding hydrogens is 400 g/mol. The van der Waals surface area contributed by atoms with Crippen molar-refractivity contribution in [1.82, 2.24) is 0 Å². The van der Waals surface area contributed by atoms with Crippen molar-refractivity contribution >= 4 is 5.57 Å². The molecule has 0 unspecified atom stereocenters. The third-order valence-electron chi connectivity index (χ3n) is 6.76. The lowest BCUT2D eigenvalue weighted by atomic mass is 9.77. The molecule has 1 aliphatic rings. The first-order chi connectivity index (χ1) is 14.8. The van der Waals surface area contributed by atoms with Gasteiger partial charge in [0.2, 0.25) is 0 Å². The Kier molecular flexibility index (Phi) is 7.96. The molecule has 2 aromatic rings. The number of rotatable bonds is 7. The lowest BCUT2D eigenvalue weighted by molar-refractivity contribution is 0.308. The van der Waals surface area contributed by atoms with E-state index >= 15 is 0 Å². The van der Waals surface area contributed by atoms with E-state index in [1.54, 1.807) is 6.08 Å². The van der Waals surface area contributed by atoms with Crippen molar-refractivity contribution in [3.63, 3.8) is 0 Å². The maximum Gasteiger partial charge on any atom is 0.169 e. The second-order valence-corrected chi connectivity index (χ2v) is 8.93. The van der Waals surface area contributed by atoms with E-state index in [0.29, 0.717) is 18.8 Å². The van der Waals surface area contributed by atoms with Crippen molar-refractivity contribution in [1.29, 1.82) is 0 Å². The van der Waals surface area contributed by atoms with Gasteiger partial charge in [-0.1, -0.05) is 50.1 Å². The SMILES string of the molecule is CCCC1CCC(c2ccc(CCC=C(C)c3c(F)c(F)c(C)c(F)c3F)cc2)CC1. The third kappa shape index (κ3) is 5.39. The van der Waals surface area contributed by atoms with Gasteiger partial charge in [0.15, 0.2) is 23.3 Å². The molecule has 4 heteroatoms. The predicted octanol–water partition coefficient (Wildman–Crippen LogP) is 8.66. The Balaban J connectivity index is 1.61. The van der Waals surface area contributed by atoms with Crippen LogP contribution in [-0.2, 0) is 6.42 Å². The Morgan fingerprint density at radius 3 is 2.03 bits per heavy atom. The van der Waals surface area contributed by atoms with Gasteiger partial charge in [-0.2, -0.15) is 0 Å². The summed E-state index contributed by atoms with van der Waals surface area (Å²) in [6.45, 7) is 4.76. The van der Waals surface area contributed by atoms with E-state index in [1.807, 2.05) is 0 Å². The van der Waals surface area contributed by atoms with Gasteiger partial charge in [-0.3, -0.25) is 0 Å². The first kappa shape index (κ1) is 23.6. The first-order valence-corrected chi connectivity index (χ1v) is 11.4. The summed E-state index contributed by atoms with van der Waals surface area (Å²) in [5.74, 6) is -3.80. The molecule has 0 radical (unpaired) electrons. The topological polar surface area (TPSA) is 0 Å². The Morgan fingerprint density at radius 1 is 0.903 bits per heavy atom. The summed E-state index contributed by atoms with van der Waals surface area (Å²) in [4.78, 5) is 0. The largest absolute Gasteiger partial charge is 0.203 e. The van der Waals surface area contributed by atoms with Crippen molar-refractivity contribution in [3.8, 4) is 0 Å². The maximum atomic E-state index is 14.2. The maximum absolute atomic E-state index is 14.2. The van der Waals surface area contributed by atoms with E-state index in [0.717, 1.165) is 18.4 Å². The summed E-state index contributed by atoms with van der Waals surface area (Å²) in [6, 6.07) is 8.62. The summed E-state index contributed by atoms with van der Waals surface area (Å²) < 4.78 is 56.0. The van der Waals surface area contributed by atoms with Crippen LogP contribution >= 0.6 is 0 Å². The third-order valence-corrected chi connectivity index (χ3v) is 6.76. The highest BCUT2D eigenvalue weighted by atomic mass is 19.2. The molecule has 0 aromatic heterocycles. The van der Waals surface area contributed by atoms with Gasteiger partial charge >= 0.3 is 0 Å². The molecule has 0 spiro atoms. The normalized spacial score (nSPS) is 19.6. The number of allylic oxidation sites excluding steroid dienone is 2. The minimum Gasteiger partial charge on any atom is -0.203 e. The van der Waals surface area contributed by atoms with E-state index in [4.69, 9.17) is 0 Å². The van der Waals surface area contributed by atoms with E-state index in [-0.39, 0.29) is 5.57 Å². The number of hydrogen-bond donors (Lipinski definition) is 0. The highest BCUT2D eigenvalue weighted by Crippen LogP contribution is 2.37. The predicted molar refractivity (Wildman–Crippen MR) is 119 cm³/mol. The fraction of sp³-hybridized carbons (Fsp3) is 0.481. The minimum absolute atomic E-state index is 0.202. The zero-order valence-electron chi connectivity index (χ0n) is 18.7. The second kappa shape index (κ2) is 10.5. The average molecular weight is 433 g/mol. The summed E-state index contributed by atoms with van der Waals surface area (Å²) in [7, 11) is 0. The lowest BCUT2D eigenvalue weighted by Gasteiger charge is -2.28. The second-order valence-electron chi connectivity index (χ2n) is 8.93. The van der Waals surface area contributed by atoms with Crippen LogP contribution < -0.4 is 0 Å². The van der Waals surface area contributed by atoms with E-state index in [1.165, 1.54) is 51.0 Å². The molecule has 0 amide bonds.